The molecular weight excluding hydrogens is 244 g/mol. The molecule has 1 aliphatic rings. The summed E-state index contributed by atoms with van der Waals surface area (Å²) in [6.45, 7) is 7.34. The van der Waals surface area contributed by atoms with E-state index in [0.717, 1.165) is 19.4 Å². The molecule has 1 saturated heterocycles. The van der Waals surface area contributed by atoms with E-state index < -0.39 is 0 Å². The Balaban J connectivity index is 2.84. The normalized spacial score (nSPS) is 34.8. The summed E-state index contributed by atoms with van der Waals surface area (Å²) in [5.74, 6) is 1.18. The van der Waals surface area contributed by atoms with Gasteiger partial charge in [-0.3, -0.25) is 4.90 Å². The summed E-state index contributed by atoms with van der Waals surface area (Å²) in [5, 5.41) is 0. The van der Waals surface area contributed by atoms with E-state index in [-0.39, 0.29) is 5.54 Å². The van der Waals surface area contributed by atoms with Crippen molar-refractivity contribution >= 4 is 11.8 Å². The fraction of sp³-hybridized carbons (Fsp3) is 1.00. The first-order valence-electron chi connectivity index (χ1n) is 7.06. The Hall–Kier alpha value is 0.230. The van der Waals surface area contributed by atoms with Crippen LogP contribution < -0.4 is 5.73 Å². The van der Waals surface area contributed by atoms with Crippen LogP contribution in [-0.2, 0) is 4.74 Å². The topological polar surface area (TPSA) is 38.5 Å². The highest BCUT2D eigenvalue weighted by atomic mass is 32.2. The molecule has 0 spiro atoms. The lowest BCUT2D eigenvalue weighted by Gasteiger charge is -2.50. The molecule has 0 aliphatic carbocycles. The fourth-order valence-electron chi connectivity index (χ4n) is 3.33. The minimum Gasteiger partial charge on any atom is -0.375 e. The predicted octanol–water partition coefficient (Wildman–Crippen LogP) is 2.34. The van der Waals surface area contributed by atoms with Gasteiger partial charge in [-0.25, -0.2) is 0 Å². The third-order valence-corrected chi connectivity index (χ3v) is 5.02. The van der Waals surface area contributed by atoms with Gasteiger partial charge >= 0.3 is 0 Å². The molecule has 18 heavy (non-hydrogen) atoms. The van der Waals surface area contributed by atoms with Crippen LogP contribution in [0.15, 0.2) is 0 Å². The molecule has 0 aromatic carbocycles. The number of hydrogen-bond donors (Lipinski definition) is 1. The summed E-state index contributed by atoms with van der Waals surface area (Å²) in [6, 6.07) is 0.612. The second-order valence-electron chi connectivity index (χ2n) is 5.72. The molecule has 0 aromatic heterocycles. The largest absolute Gasteiger partial charge is 0.375 e. The van der Waals surface area contributed by atoms with E-state index in [9.17, 15) is 0 Å². The highest BCUT2D eigenvalue weighted by Crippen LogP contribution is 2.34. The Kier molecular flexibility index (Phi) is 6.45. The molecule has 0 bridgehead atoms. The minimum absolute atomic E-state index is 0.119. The van der Waals surface area contributed by atoms with Gasteiger partial charge in [0.05, 0.1) is 12.2 Å². The molecule has 3 unspecified atom stereocenters. The van der Waals surface area contributed by atoms with Crippen LogP contribution in [0.1, 0.15) is 40.0 Å². The van der Waals surface area contributed by atoms with E-state index in [0.29, 0.717) is 18.2 Å². The second kappa shape index (κ2) is 7.13. The number of ether oxygens (including phenoxy) is 1. The smallest absolute Gasteiger partial charge is 0.0568 e. The van der Waals surface area contributed by atoms with Crippen molar-refractivity contribution in [3.05, 3.63) is 0 Å². The van der Waals surface area contributed by atoms with Crippen molar-refractivity contribution in [3.63, 3.8) is 0 Å². The number of likely N-dealkylation sites (N-methyl/N-ethyl adjacent to an activating group) is 1. The quantitative estimate of drug-likeness (QED) is 0.807. The summed E-state index contributed by atoms with van der Waals surface area (Å²) in [7, 11) is 2.25. The van der Waals surface area contributed by atoms with Gasteiger partial charge in [-0.05, 0) is 46.4 Å². The van der Waals surface area contributed by atoms with Crippen LogP contribution in [0.2, 0.25) is 0 Å². The first-order chi connectivity index (χ1) is 8.49. The lowest BCUT2D eigenvalue weighted by molar-refractivity contribution is -0.105. The first kappa shape index (κ1) is 16.3. The number of thioether (sulfide) groups is 1. The third-order valence-electron chi connectivity index (χ3n) is 4.31. The van der Waals surface area contributed by atoms with E-state index in [4.69, 9.17) is 10.5 Å². The Morgan fingerprint density at radius 3 is 2.33 bits per heavy atom. The summed E-state index contributed by atoms with van der Waals surface area (Å²) in [6.07, 6.45) is 6.09. The molecule has 2 N–H and O–H groups in total. The molecule has 4 heteroatoms. The van der Waals surface area contributed by atoms with Crippen molar-refractivity contribution in [1.82, 2.24) is 4.90 Å². The van der Waals surface area contributed by atoms with Crippen molar-refractivity contribution in [1.29, 1.82) is 0 Å². The fourth-order valence-corrected chi connectivity index (χ4v) is 4.17. The molecule has 0 radical (unpaired) electrons. The summed E-state index contributed by atoms with van der Waals surface area (Å²) in [5.41, 5.74) is 6.27. The Morgan fingerprint density at radius 1 is 1.39 bits per heavy atom. The summed E-state index contributed by atoms with van der Waals surface area (Å²) < 4.78 is 5.88. The lowest BCUT2D eigenvalue weighted by atomic mass is 9.81. The molecule has 0 saturated carbocycles. The van der Waals surface area contributed by atoms with Gasteiger partial charge in [0.25, 0.3) is 0 Å². The molecule has 1 fully saturated rings. The second-order valence-corrected chi connectivity index (χ2v) is 6.63. The number of rotatable bonds is 6. The zero-order valence-corrected chi connectivity index (χ0v) is 13.4. The van der Waals surface area contributed by atoms with Gasteiger partial charge in [0.2, 0.25) is 0 Å². The summed E-state index contributed by atoms with van der Waals surface area (Å²) in [4.78, 5) is 2.54. The minimum atomic E-state index is 0.119. The third kappa shape index (κ3) is 3.62. The standard InChI is InChI=1S/C14H30N2OS/c1-6-13(9-18-5)16(4)14(10-15)7-11(2)17-12(3)8-14/h11-13H,6-10,15H2,1-5H3. The number of hydrogen-bond acceptors (Lipinski definition) is 4. The Labute approximate surface area is 117 Å². The highest BCUT2D eigenvalue weighted by Gasteiger charge is 2.42. The molecule has 3 atom stereocenters. The van der Waals surface area contributed by atoms with Crippen molar-refractivity contribution in [2.45, 2.75) is 63.8 Å². The molecule has 0 aromatic rings. The van der Waals surface area contributed by atoms with Gasteiger partial charge in [-0.15, -0.1) is 0 Å². The van der Waals surface area contributed by atoms with Crippen LogP contribution >= 0.6 is 11.8 Å². The van der Waals surface area contributed by atoms with Crippen LogP contribution in [0.5, 0.6) is 0 Å². The average Bonchev–Trinajstić information content (AvgIpc) is 2.33. The molecule has 3 nitrogen and oxygen atoms in total. The average molecular weight is 274 g/mol. The van der Waals surface area contributed by atoms with E-state index in [1.165, 1.54) is 12.2 Å². The van der Waals surface area contributed by atoms with E-state index >= 15 is 0 Å². The van der Waals surface area contributed by atoms with Crippen molar-refractivity contribution in [2.75, 3.05) is 25.6 Å². The van der Waals surface area contributed by atoms with Gasteiger partial charge in [0.1, 0.15) is 0 Å². The predicted molar refractivity (Wildman–Crippen MR) is 81.3 cm³/mol. The Morgan fingerprint density at radius 2 is 1.94 bits per heavy atom. The molecule has 0 amide bonds. The molecular formula is C14H30N2OS. The maximum Gasteiger partial charge on any atom is 0.0568 e. The molecule has 1 heterocycles. The zero-order chi connectivity index (χ0) is 13.8. The molecule has 1 aliphatic heterocycles. The van der Waals surface area contributed by atoms with Gasteiger partial charge in [0, 0.05) is 23.9 Å². The lowest BCUT2D eigenvalue weighted by Crippen LogP contribution is -2.61. The van der Waals surface area contributed by atoms with E-state index in [1.807, 2.05) is 11.8 Å². The molecule has 1 rings (SSSR count). The number of nitrogens with two attached hydrogens (primary N) is 1. The SMILES string of the molecule is CCC(CSC)N(C)C1(CN)CC(C)OC(C)C1. The van der Waals surface area contributed by atoms with Crippen LogP contribution in [0, 0.1) is 0 Å². The number of nitrogens with zero attached hydrogens (tertiary/aromatic N) is 1. The maximum atomic E-state index is 6.15. The first-order valence-corrected chi connectivity index (χ1v) is 8.45. The molecule has 108 valence electrons. The van der Waals surface area contributed by atoms with Crippen LogP contribution in [0.25, 0.3) is 0 Å². The van der Waals surface area contributed by atoms with Gasteiger partial charge < -0.3 is 10.5 Å². The van der Waals surface area contributed by atoms with E-state index in [2.05, 4.69) is 39.0 Å². The van der Waals surface area contributed by atoms with Crippen molar-refractivity contribution < 1.29 is 4.74 Å². The highest BCUT2D eigenvalue weighted by molar-refractivity contribution is 7.98. The van der Waals surface area contributed by atoms with E-state index in [1.54, 1.807) is 0 Å². The zero-order valence-electron chi connectivity index (χ0n) is 12.6. The van der Waals surface area contributed by atoms with Crippen molar-refractivity contribution in [2.24, 2.45) is 5.73 Å². The summed E-state index contributed by atoms with van der Waals surface area (Å²) >= 11 is 1.92. The monoisotopic (exact) mass is 274 g/mol. The van der Waals surface area contributed by atoms with Crippen molar-refractivity contribution in [3.8, 4) is 0 Å². The van der Waals surface area contributed by atoms with Gasteiger partial charge in [-0.2, -0.15) is 11.8 Å². The Bertz CT molecular complexity index is 240. The van der Waals surface area contributed by atoms with Crippen LogP contribution in [0.3, 0.4) is 0 Å². The van der Waals surface area contributed by atoms with Crippen LogP contribution in [-0.4, -0.2) is 54.3 Å². The van der Waals surface area contributed by atoms with Gasteiger partial charge in [-0.1, -0.05) is 6.92 Å². The van der Waals surface area contributed by atoms with Crippen LogP contribution in [0.4, 0.5) is 0 Å². The van der Waals surface area contributed by atoms with Gasteiger partial charge in [0.15, 0.2) is 0 Å². The maximum absolute atomic E-state index is 6.15.